The summed E-state index contributed by atoms with van der Waals surface area (Å²) in [5.74, 6) is 0.245. The van der Waals surface area contributed by atoms with Crippen LogP contribution in [0.25, 0.3) is 0 Å². The summed E-state index contributed by atoms with van der Waals surface area (Å²) in [6.45, 7) is 0.338. The van der Waals surface area contributed by atoms with E-state index in [1.165, 1.54) is 12.1 Å². The highest BCUT2D eigenvalue weighted by Gasteiger charge is 2.39. The number of methoxy groups -OCH3 is 1. The Labute approximate surface area is 106 Å². The third-order valence-corrected chi connectivity index (χ3v) is 3.26. The Balaban J connectivity index is 2.32. The largest absolute Gasteiger partial charge is 0.484 e. The van der Waals surface area contributed by atoms with Gasteiger partial charge in [0.2, 0.25) is 0 Å². The lowest BCUT2D eigenvalue weighted by molar-refractivity contribution is -0.0456. The van der Waals surface area contributed by atoms with Gasteiger partial charge in [0.25, 0.3) is 0 Å². The molecule has 2 rings (SSSR count). The smallest absolute Gasteiger partial charge is 0.136 e. The van der Waals surface area contributed by atoms with E-state index in [2.05, 4.69) is 0 Å². The summed E-state index contributed by atoms with van der Waals surface area (Å²) in [6, 6.07) is 4.00. The van der Waals surface area contributed by atoms with Crippen molar-refractivity contribution in [2.24, 2.45) is 5.73 Å². The third kappa shape index (κ3) is 2.48. The Morgan fingerprint density at radius 2 is 2.39 bits per heavy atom. The lowest BCUT2D eigenvalue weighted by Gasteiger charge is -2.40. The Hall–Kier alpha value is -1.17. The monoisotopic (exact) mass is 255 g/mol. The van der Waals surface area contributed by atoms with Crippen molar-refractivity contribution in [3.63, 3.8) is 0 Å². The molecule has 0 amide bonds. The molecule has 1 aliphatic rings. The molecule has 1 heterocycles. The summed E-state index contributed by atoms with van der Waals surface area (Å²) in [4.78, 5) is 0. The van der Waals surface area contributed by atoms with E-state index in [0.29, 0.717) is 30.8 Å². The topological polar surface area (TPSA) is 64.7 Å². The van der Waals surface area contributed by atoms with Gasteiger partial charge < -0.3 is 20.3 Å². The molecule has 0 bridgehead atoms. The minimum atomic E-state index is -0.631. The van der Waals surface area contributed by atoms with Crippen LogP contribution in [-0.4, -0.2) is 31.0 Å². The maximum atomic E-state index is 13.2. The van der Waals surface area contributed by atoms with Crippen LogP contribution in [0.1, 0.15) is 24.4 Å². The van der Waals surface area contributed by atoms with Crippen molar-refractivity contribution in [2.45, 2.75) is 24.5 Å². The number of hydrogen-bond donors (Lipinski definition) is 2. The number of rotatable bonds is 4. The fourth-order valence-corrected chi connectivity index (χ4v) is 2.47. The number of nitrogens with two attached hydrogens (primary N) is 1. The average Bonchev–Trinajstić information content (AvgIpc) is 2.31. The van der Waals surface area contributed by atoms with Crippen LogP contribution in [0, 0.1) is 5.82 Å². The molecular formula is C13H18FNO3. The van der Waals surface area contributed by atoms with Crippen LogP contribution in [0.15, 0.2) is 18.2 Å². The van der Waals surface area contributed by atoms with Crippen molar-refractivity contribution in [2.75, 3.05) is 20.3 Å². The molecule has 3 N–H and O–H groups in total. The first-order chi connectivity index (χ1) is 8.60. The highest BCUT2D eigenvalue weighted by Crippen LogP contribution is 2.40. The molecule has 100 valence electrons. The summed E-state index contributed by atoms with van der Waals surface area (Å²) in [7, 11) is 1.58. The number of halogens is 1. The number of aliphatic hydroxyl groups is 1. The van der Waals surface area contributed by atoms with E-state index in [9.17, 15) is 4.39 Å². The second-order valence-electron chi connectivity index (χ2n) is 4.68. The van der Waals surface area contributed by atoms with E-state index in [-0.39, 0.29) is 18.5 Å². The zero-order valence-electron chi connectivity index (χ0n) is 10.4. The molecule has 1 aromatic rings. The number of fused-ring (bicyclic) bond motifs is 1. The predicted molar refractivity (Wildman–Crippen MR) is 64.9 cm³/mol. The Morgan fingerprint density at radius 1 is 1.61 bits per heavy atom. The van der Waals surface area contributed by atoms with Gasteiger partial charge in [0, 0.05) is 38.2 Å². The molecule has 0 aromatic heterocycles. The van der Waals surface area contributed by atoms with Crippen molar-refractivity contribution in [1.29, 1.82) is 0 Å². The molecule has 0 saturated carbocycles. The highest BCUT2D eigenvalue weighted by atomic mass is 19.1. The Kier molecular flexibility index (Phi) is 3.85. The number of aliphatic hydroxyl groups excluding tert-OH is 1. The first kappa shape index (κ1) is 13.3. The number of benzene rings is 1. The van der Waals surface area contributed by atoms with Gasteiger partial charge in [-0.2, -0.15) is 0 Å². The maximum Gasteiger partial charge on any atom is 0.136 e. The van der Waals surface area contributed by atoms with Crippen molar-refractivity contribution in [1.82, 2.24) is 0 Å². The predicted octanol–water partition coefficient (Wildman–Crippen LogP) is 1.38. The summed E-state index contributed by atoms with van der Waals surface area (Å²) < 4.78 is 24.2. The van der Waals surface area contributed by atoms with Crippen LogP contribution in [0.5, 0.6) is 5.75 Å². The van der Waals surface area contributed by atoms with Crippen LogP contribution >= 0.6 is 0 Å². The van der Waals surface area contributed by atoms with E-state index < -0.39 is 5.60 Å². The minimum Gasteiger partial charge on any atom is -0.484 e. The normalized spacial score (nSPS) is 26.6. The molecule has 0 radical (unpaired) electrons. The highest BCUT2D eigenvalue weighted by molar-refractivity contribution is 5.39. The molecular weight excluding hydrogens is 237 g/mol. The van der Waals surface area contributed by atoms with Gasteiger partial charge in [-0.25, -0.2) is 4.39 Å². The first-order valence-corrected chi connectivity index (χ1v) is 5.94. The van der Waals surface area contributed by atoms with E-state index in [1.807, 2.05) is 0 Å². The minimum absolute atomic E-state index is 0.00733. The average molecular weight is 255 g/mol. The fourth-order valence-electron chi connectivity index (χ4n) is 2.47. The lowest BCUT2D eigenvalue weighted by atomic mass is 9.86. The van der Waals surface area contributed by atoms with E-state index in [4.69, 9.17) is 20.3 Å². The van der Waals surface area contributed by atoms with Crippen LogP contribution in [0.3, 0.4) is 0 Å². The van der Waals surface area contributed by atoms with Crippen molar-refractivity contribution in [3.05, 3.63) is 29.6 Å². The maximum absolute atomic E-state index is 13.2. The Bertz CT molecular complexity index is 419. The molecule has 0 spiro atoms. The molecule has 18 heavy (non-hydrogen) atoms. The molecule has 1 unspecified atom stereocenters. The number of hydrogen-bond acceptors (Lipinski definition) is 4. The van der Waals surface area contributed by atoms with E-state index in [1.54, 1.807) is 13.2 Å². The van der Waals surface area contributed by atoms with E-state index in [0.717, 1.165) is 0 Å². The summed E-state index contributed by atoms with van der Waals surface area (Å²) in [5, 5.41) is 9.15. The van der Waals surface area contributed by atoms with Gasteiger partial charge in [-0.15, -0.1) is 0 Å². The second kappa shape index (κ2) is 5.22. The van der Waals surface area contributed by atoms with Gasteiger partial charge in [-0.05, 0) is 18.2 Å². The Morgan fingerprint density at radius 3 is 3.06 bits per heavy atom. The van der Waals surface area contributed by atoms with Gasteiger partial charge >= 0.3 is 0 Å². The first-order valence-electron chi connectivity index (χ1n) is 5.94. The lowest BCUT2D eigenvalue weighted by Crippen LogP contribution is -2.47. The molecule has 5 heteroatoms. The molecule has 1 aliphatic heterocycles. The standard InChI is InChI=1S/C13H18FNO3/c1-17-8-13(4-5-16)7-11(15)10-6-9(14)2-3-12(10)18-13/h2-3,6,11,16H,4-5,7-8,15H2,1H3/t11-,13?/m1/s1. The SMILES string of the molecule is COCC1(CCO)C[C@@H](N)c2cc(F)ccc2O1. The van der Waals surface area contributed by atoms with Crippen LogP contribution < -0.4 is 10.5 Å². The summed E-state index contributed by atoms with van der Waals surface area (Å²) in [5.41, 5.74) is 6.10. The zero-order chi connectivity index (χ0) is 13.2. The summed E-state index contributed by atoms with van der Waals surface area (Å²) >= 11 is 0. The van der Waals surface area contributed by atoms with Gasteiger partial charge in [-0.1, -0.05) is 0 Å². The van der Waals surface area contributed by atoms with Crippen LogP contribution in [0.2, 0.25) is 0 Å². The van der Waals surface area contributed by atoms with Gasteiger partial charge in [0.15, 0.2) is 0 Å². The van der Waals surface area contributed by atoms with E-state index >= 15 is 0 Å². The second-order valence-corrected chi connectivity index (χ2v) is 4.68. The van der Waals surface area contributed by atoms with Gasteiger partial charge in [0.1, 0.15) is 17.2 Å². The van der Waals surface area contributed by atoms with Crippen molar-refractivity contribution in [3.8, 4) is 5.75 Å². The van der Waals surface area contributed by atoms with Crippen LogP contribution in [-0.2, 0) is 4.74 Å². The molecule has 4 nitrogen and oxygen atoms in total. The molecule has 0 fully saturated rings. The van der Waals surface area contributed by atoms with Crippen molar-refractivity contribution >= 4 is 0 Å². The quantitative estimate of drug-likeness (QED) is 0.853. The molecule has 0 saturated heterocycles. The molecule has 0 aliphatic carbocycles. The molecule has 2 atom stereocenters. The van der Waals surface area contributed by atoms with Crippen molar-refractivity contribution < 1.29 is 19.0 Å². The fraction of sp³-hybridized carbons (Fsp3) is 0.538. The third-order valence-electron chi connectivity index (χ3n) is 3.26. The molecule has 1 aromatic carbocycles. The summed E-state index contributed by atoms with van der Waals surface area (Å²) in [6.07, 6.45) is 0.934. The van der Waals surface area contributed by atoms with Gasteiger partial charge in [0.05, 0.1) is 6.61 Å². The number of ether oxygens (including phenoxy) is 2. The zero-order valence-corrected chi connectivity index (χ0v) is 10.4. The van der Waals surface area contributed by atoms with Gasteiger partial charge in [-0.3, -0.25) is 0 Å². The van der Waals surface area contributed by atoms with Crippen LogP contribution in [0.4, 0.5) is 4.39 Å².